The molecule has 0 unspecified atom stereocenters. The zero-order valence-electron chi connectivity index (χ0n) is 16.9. The molecule has 3 aromatic rings. The molecule has 0 atom stereocenters. The fraction of sp³-hybridized carbons (Fsp3) is 0.105. The molecule has 0 heterocycles. The molecule has 1 amide bonds. The SMILES string of the molecule is CC(=O)Nc1cc(NCF)ccc1N=Nc1cc(S(=O)(=O)O)c2cccc(S(=O)(=O)O)c2c1. The Morgan fingerprint density at radius 2 is 1.64 bits per heavy atom. The first kappa shape index (κ1) is 24.2. The van der Waals surface area contributed by atoms with E-state index in [1.165, 1.54) is 37.3 Å². The van der Waals surface area contributed by atoms with Crippen LogP contribution < -0.4 is 10.6 Å². The third kappa shape index (κ3) is 5.67. The van der Waals surface area contributed by atoms with Crippen LogP contribution in [0.5, 0.6) is 0 Å². The number of rotatable bonds is 7. The fourth-order valence-corrected chi connectivity index (χ4v) is 4.44. The number of hydrogen-bond acceptors (Lipinski definition) is 8. The van der Waals surface area contributed by atoms with Gasteiger partial charge < -0.3 is 10.6 Å². The second kappa shape index (κ2) is 9.19. The van der Waals surface area contributed by atoms with Gasteiger partial charge in [0.1, 0.15) is 15.5 Å². The van der Waals surface area contributed by atoms with Gasteiger partial charge in [0.2, 0.25) is 5.91 Å². The van der Waals surface area contributed by atoms with Crippen molar-refractivity contribution in [3.63, 3.8) is 0 Å². The molecule has 0 radical (unpaired) electrons. The summed E-state index contributed by atoms with van der Waals surface area (Å²) in [5, 5.41) is 12.4. The van der Waals surface area contributed by atoms with Crippen molar-refractivity contribution in [3.05, 3.63) is 48.5 Å². The predicted molar refractivity (Wildman–Crippen MR) is 118 cm³/mol. The van der Waals surface area contributed by atoms with Crippen LogP contribution in [0.4, 0.5) is 27.1 Å². The summed E-state index contributed by atoms with van der Waals surface area (Å²) < 4.78 is 79.0. The van der Waals surface area contributed by atoms with Crippen LogP contribution >= 0.6 is 0 Å². The van der Waals surface area contributed by atoms with Gasteiger partial charge in [-0.2, -0.15) is 21.9 Å². The lowest BCUT2D eigenvalue weighted by molar-refractivity contribution is -0.114. The highest BCUT2D eigenvalue weighted by atomic mass is 32.2. The molecule has 0 aliphatic rings. The van der Waals surface area contributed by atoms with Gasteiger partial charge in [0, 0.05) is 23.4 Å². The third-order valence-electron chi connectivity index (χ3n) is 4.31. The van der Waals surface area contributed by atoms with E-state index in [1.54, 1.807) is 0 Å². The van der Waals surface area contributed by atoms with Crippen molar-refractivity contribution in [2.45, 2.75) is 16.7 Å². The molecule has 0 fully saturated rings. The first-order valence-corrected chi connectivity index (χ1v) is 11.9. The van der Waals surface area contributed by atoms with Crippen LogP contribution in [0, 0.1) is 0 Å². The van der Waals surface area contributed by atoms with E-state index < -0.39 is 42.7 Å². The van der Waals surface area contributed by atoms with Gasteiger partial charge in [-0.05, 0) is 36.4 Å². The average molecular weight is 496 g/mol. The number of halogens is 1. The molecule has 14 heteroatoms. The summed E-state index contributed by atoms with van der Waals surface area (Å²) in [4.78, 5) is 10.2. The molecule has 0 spiro atoms. The fourth-order valence-electron chi connectivity index (χ4n) is 3.02. The lowest BCUT2D eigenvalue weighted by atomic mass is 10.1. The Labute approximate surface area is 187 Å². The van der Waals surface area contributed by atoms with E-state index in [0.717, 1.165) is 18.2 Å². The van der Waals surface area contributed by atoms with E-state index in [-0.39, 0.29) is 27.8 Å². The monoisotopic (exact) mass is 496 g/mol. The topological polar surface area (TPSA) is 175 Å². The average Bonchev–Trinajstić information content (AvgIpc) is 2.70. The molecule has 0 saturated heterocycles. The Kier molecular flexibility index (Phi) is 6.73. The van der Waals surface area contributed by atoms with E-state index >= 15 is 0 Å². The number of fused-ring (bicyclic) bond motifs is 1. The molecule has 174 valence electrons. The number of carbonyl (C=O) groups is 1. The van der Waals surface area contributed by atoms with Gasteiger partial charge in [0.25, 0.3) is 20.2 Å². The summed E-state index contributed by atoms with van der Waals surface area (Å²) >= 11 is 0. The number of nitrogens with zero attached hydrogens (tertiary/aromatic N) is 2. The highest BCUT2D eigenvalue weighted by Crippen LogP contribution is 2.35. The number of carbonyl (C=O) groups excluding carboxylic acids is 1. The maximum Gasteiger partial charge on any atom is 0.295 e. The van der Waals surface area contributed by atoms with Gasteiger partial charge in [-0.1, -0.05) is 12.1 Å². The van der Waals surface area contributed by atoms with Crippen molar-refractivity contribution < 1.29 is 35.1 Å². The number of nitrogens with one attached hydrogen (secondary N) is 2. The van der Waals surface area contributed by atoms with Crippen molar-refractivity contribution >= 4 is 59.7 Å². The zero-order chi connectivity index (χ0) is 24.4. The Balaban J connectivity index is 2.20. The molecule has 0 aromatic heterocycles. The predicted octanol–water partition coefficient (Wildman–Crippen LogP) is 4.05. The summed E-state index contributed by atoms with van der Waals surface area (Å²) in [6, 6.07) is 9.89. The molecule has 0 aliphatic carbocycles. The molecule has 4 N–H and O–H groups in total. The number of azo groups is 1. The minimum atomic E-state index is -4.81. The van der Waals surface area contributed by atoms with Crippen molar-refractivity contribution in [3.8, 4) is 0 Å². The molecule has 0 bridgehead atoms. The van der Waals surface area contributed by atoms with Crippen LogP contribution in [-0.2, 0) is 25.0 Å². The van der Waals surface area contributed by atoms with E-state index in [1.807, 2.05) is 0 Å². The second-order valence-electron chi connectivity index (χ2n) is 6.67. The summed E-state index contributed by atoms with van der Waals surface area (Å²) in [7, 11) is -9.55. The van der Waals surface area contributed by atoms with Crippen LogP contribution in [0.15, 0.2) is 68.6 Å². The maximum atomic E-state index is 12.6. The highest BCUT2D eigenvalue weighted by molar-refractivity contribution is 7.86. The molecular formula is C19H17FN4O7S2. The van der Waals surface area contributed by atoms with E-state index in [2.05, 4.69) is 20.9 Å². The van der Waals surface area contributed by atoms with Gasteiger partial charge in [-0.15, -0.1) is 5.11 Å². The Morgan fingerprint density at radius 3 is 2.24 bits per heavy atom. The molecule has 33 heavy (non-hydrogen) atoms. The molecule has 0 saturated carbocycles. The summed E-state index contributed by atoms with van der Waals surface area (Å²) in [5.74, 6) is -0.444. The number of benzene rings is 3. The van der Waals surface area contributed by atoms with E-state index in [4.69, 9.17) is 0 Å². The lowest BCUT2D eigenvalue weighted by Crippen LogP contribution is -2.06. The summed E-state index contributed by atoms with van der Waals surface area (Å²) in [6.45, 7) is 0.390. The number of anilines is 2. The lowest BCUT2D eigenvalue weighted by Gasteiger charge is -2.10. The first-order chi connectivity index (χ1) is 15.4. The zero-order valence-corrected chi connectivity index (χ0v) is 18.5. The number of amides is 1. The summed E-state index contributed by atoms with van der Waals surface area (Å²) in [6.07, 6.45) is 0. The highest BCUT2D eigenvalue weighted by Gasteiger charge is 2.21. The van der Waals surface area contributed by atoms with Crippen molar-refractivity contribution in [2.75, 3.05) is 17.4 Å². The van der Waals surface area contributed by atoms with Gasteiger partial charge >= 0.3 is 0 Å². The Hall–Kier alpha value is -3.46. The van der Waals surface area contributed by atoms with Gasteiger partial charge in [0.15, 0.2) is 6.80 Å². The maximum absolute atomic E-state index is 12.6. The number of alkyl halides is 1. The Morgan fingerprint density at radius 1 is 0.939 bits per heavy atom. The summed E-state index contributed by atoms with van der Waals surface area (Å²) in [5.41, 5.74) is 0.452. The second-order valence-corrected chi connectivity index (χ2v) is 9.45. The molecule has 0 aliphatic heterocycles. The standard InChI is InChI=1S/C19H17FN4O7S2/c1-11(25)22-17-8-12(21-10-20)5-6-16(17)24-23-13-7-15-14(19(9-13)33(29,30)31)3-2-4-18(15)32(26,27)28/h2-9,21H,10H2,1H3,(H,22,25)(H,26,27,28)(H,29,30,31). The molecule has 11 nitrogen and oxygen atoms in total. The van der Waals surface area contributed by atoms with Crippen LogP contribution in [0.1, 0.15) is 6.92 Å². The minimum Gasteiger partial charge on any atom is -0.358 e. The largest absolute Gasteiger partial charge is 0.358 e. The van der Waals surface area contributed by atoms with Crippen LogP contribution in [0.3, 0.4) is 0 Å². The molecule has 3 aromatic carbocycles. The molecule has 3 rings (SSSR count). The molecular weight excluding hydrogens is 479 g/mol. The van der Waals surface area contributed by atoms with Crippen molar-refractivity contribution in [1.82, 2.24) is 0 Å². The van der Waals surface area contributed by atoms with Gasteiger partial charge in [-0.25, -0.2) is 4.39 Å². The van der Waals surface area contributed by atoms with Crippen molar-refractivity contribution in [2.24, 2.45) is 10.2 Å². The smallest absolute Gasteiger partial charge is 0.295 e. The third-order valence-corrected chi connectivity index (χ3v) is 6.12. The van der Waals surface area contributed by atoms with Gasteiger partial charge in [0.05, 0.1) is 11.4 Å². The van der Waals surface area contributed by atoms with Crippen molar-refractivity contribution in [1.29, 1.82) is 0 Å². The quantitative estimate of drug-likeness (QED) is 0.215. The van der Waals surface area contributed by atoms with Crippen LogP contribution in [0.2, 0.25) is 0 Å². The normalized spacial score (nSPS) is 12.2. The van der Waals surface area contributed by atoms with E-state index in [0.29, 0.717) is 5.69 Å². The van der Waals surface area contributed by atoms with Crippen LogP contribution in [-0.4, -0.2) is 38.6 Å². The van der Waals surface area contributed by atoms with Crippen LogP contribution in [0.25, 0.3) is 10.8 Å². The first-order valence-electron chi connectivity index (χ1n) is 9.05. The van der Waals surface area contributed by atoms with E-state index in [9.17, 15) is 35.1 Å². The number of hydrogen-bond donors (Lipinski definition) is 4. The Bertz CT molecular complexity index is 1490. The minimum absolute atomic E-state index is 0.117. The van der Waals surface area contributed by atoms with Gasteiger partial charge in [-0.3, -0.25) is 13.9 Å².